The number of carbonyl (C=O) groups is 1. The van der Waals surface area contributed by atoms with Gasteiger partial charge in [0.1, 0.15) is 11.5 Å². The summed E-state index contributed by atoms with van der Waals surface area (Å²) in [7, 11) is 0. The number of nitrogens with two attached hydrogens (primary N) is 1. The van der Waals surface area contributed by atoms with Gasteiger partial charge >= 0.3 is 0 Å². The minimum atomic E-state index is -0.631. The van der Waals surface area contributed by atoms with Gasteiger partial charge in [0.05, 0.1) is 5.69 Å². The molecule has 92 valence electrons. The van der Waals surface area contributed by atoms with Gasteiger partial charge in [0, 0.05) is 17.8 Å². The zero-order chi connectivity index (χ0) is 13.1. The highest BCUT2D eigenvalue weighted by Gasteiger charge is 2.11. The Kier molecular flexibility index (Phi) is 3.09. The lowest BCUT2D eigenvalue weighted by molar-refractivity contribution is 0.102. The molecule has 2 rings (SSSR count). The number of pyridine rings is 1. The third kappa shape index (κ3) is 2.37. The van der Waals surface area contributed by atoms with Crippen molar-refractivity contribution in [1.82, 2.24) is 4.98 Å². The van der Waals surface area contributed by atoms with Crippen molar-refractivity contribution in [1.29, 1.82) is 0 Å². The van der Waals surface area contributed by atoms with Gasteiger partial charge in [0.15, 0.2) is 0 Å². The highest BCUT2D eigenvalue weighted by Crippen LogP contribution is 2.22. The number of aromatic nitrogens is 1. The Morgan fingerprint density at radius 2 is 2.11 bits per heavy atom. The van der Waals surface area contributed by atoms with Crippen LogP contribution < -0.4 is 16.6 Å². The molecule has 1 aromatic carbocycles. The fourth-order valence-electron chi connectivity index (χ4n) is 1.44. The molecule has 0 aliphatic heterocycles. The standard InChI is InChI=1S/C12H10FN3O2/c13-8-2-1-3-9(14)11(8)16-12(18)7-4-5-15-10(17)6-7/h1-6H,14H2,(H,15,17)(H,16,18). The monoisotopic (exact) mass is 247 g/mol. The Labute approximate surface area is 101 Å². The van der Waals surface area contributed by atoms with E-state index >= 15 is 0 Å². The molecule has 5 nitrogen and oxygen atoms in total. The number of halogens is 1. The normalized spacial score (nSPS) is 10.1. The summed E-state index contributed by atoms with van der Waals surface area (Å²) in [4.78, 5) is 25.2. The number of para-hydroxylation sites is 1. The lowest BCUT2D eigenvalue weighted by atomic mass is 10.2. The average Bonchev–Trinajstić information content (AvgIpc) is 2.34. The molecule has 0 radical (unpaired) electrons. The van der Waals surface area contributed by atoms with Gasteiger partial charge < -0.3 is 16.0 Å². The van der Waals surface area contributed by atoms with E-state index in [1.807, 2.05) is 0 Å². The maximum absolute atomic E-state index is 13.4. The highest BCUT2D eigenvalue weighted by atomic mass is 19.1. The number of carbonyl (C=O) groups excluding carboxylic acids is 1. The second-order valence-electron chi connectivity index (χ2n) is 3.60. The second-order valence-corrected chi connectivity index (χ2v) is 3.60. The molecule has 0 bridgehead atoms. The smallest absolute Gasteiger partial charge is 0.256 e. The highest BCUT2D eigenvalue weighted by molar-refractivity contribution is 6.05. The first kappa shape index (κ1) is 11.8. The van der Waals surface area contributed by atoms with Gasteiger partial charge in [-0.3, -0.25) is 9.59 Å². The van der Waals surface area contributed by atoms with E-state index in [4.69, 9.17) is 5.73 Å². The van der Waals surface area contributed by atoms with Crippen LogP contribution in [-0.4, -0.2) is 10.9 Å². The average molecular weight is 247 g/mol. The molecule has 18 heavy (non-hydrogen) atoms. The van der Waals surface area contributed by atoms with Gasteiger partial charge in [-0.25, -0.2) is 4.39 Å². The van der Waals surface area contributed by atoms with Crippen molar-refractivity contribution in [3.63, 3.8) is 0 Å². The van der Waals surface area contributed by atoms with Crippen LogP contribution >= 0.6 is 0 Å². The first-order valence-corrected chi connectivity index (χ1v) is 5.12. The first-order valence-electron chi connectivity index (χ1n) is 5.12. The molecule has 0 aliphatic carbocycles. The molecule has 1 heterocycles. The third-order valence-corrected chi connectivity index (χ3v) is 2.32. The predicted octanol–water partition coefficient (Wildman–Crippen LogP) is 1.35. The largest absolute Gasteiger partial charge is 0.397 e. The molecule has 6 heteroatoms. The Morgan fingerprint density at radius 1 is 1.33 bits per heavy atom. The van der Waals surface area contributed by atoms with Crippen LogP contribution in [0.1, 0.15) is 10.4 Å². The number of aromatic amines is 1. The fourth-order valence-corrected chi connectivity index (χ4v) is 1.44. The summed E-state index contributed by atoms with van der Waals surface area (Å²) in [6.07, 6.45) is 1.34. The van der Waals surface area contributed by atoms with E-state index in [0.29, 0.717) is 0 Å². The molecule has 2 aromatic rings. The lowest BCUT2D eigenvalue weighted by Crippen LogP contribution is -2.17. The number of nitrogen functional groups attached to an aromatic ring is 1. The zero-order valence-corrected chi connectivity index (χ0v) is 9.24. The Balaban J connectivity index is 2.30. The summed E-state index contributed by atoms with van der Waals surface area (Å²) >= 11 is 0. The van der Waals surface area contributed by atoms with Gasteiger partial charge in [-0.1, -0.05) is 6.07 Å². The molecular formula is C12H10FN3O2. The summed E-state index contributed by atoms with van der Waals surface area (Å²) in [6.45, 7) is 0. The molecule has 0 spiro atoms. The quantitative estimate of drug-likeness (QED) is 0.700. The van der Waals surface area contributed by atoms with Crippen molar-refractivity contribution in [2.45, 2.75) is 0 Å². The van der Waals surface area contributed by atoms with Crippen molar-refractivity contribution in [2.75, 3.05) is 11.1 Å². The van der Waals surface area contributed by atoms with Crippen LogP contribution in [0, 0.1) is 5.82 Å². The van der Waals surface area contributed by atoms with Gasteiger partial charge in [0.2, 0.25) is 5.56 Å². The van der Waals surface area contributed by atoms with Crippen LogP contribution in [0.25, 0.3) is 0 Å². The predicted molar refractivity (Wildman–Crippen MR) is 65.8 cm³/mol. The Morgan fingerprint density at radius 3 is 2.78 bits per heavy atom. The molecule has 0 aliphatic rings. The van der Waals surface area contributed by atoms with Crippen LogP contribution in [0.4, 0.5) is 15.8 Å². The van der Waals surface area contributed by atoms with Crippen LogP contribution in [0.3, 0.4) is 0 Å². The molecule has 4 N–H and O–H groups in total. The molecule has 0 unspecified atom stereocenters. The van der Waals surface area contributed by atoms with Crippen LogP contribution in [-0.2, 0) is 0 Å². The van der Waals surface area contributed by atoms with Crippen molar-refractivity contribution in [3.05, 3.63) is 58.3 Å². The fraction of sp³-hybridized carbons (Fsp3) is 0. The summed E-state index contributed by atoms with van der Waals surface area (Å²) in [5.74, 6) is -1.23. The van der Waals surface area contributed by atoms with Crippen LogP contribution in [0.5, 0.6) is 0 Å². The number of hydrogen-bond acceptors (Lipinski definition) is 3. The maximum atomic E-state index is 13.4. The van der Waals surface area contributed by atoms with E-state index < -0.39 is 17.3 Å². The molecule has 0 saturated carbocycles. The van der Waals surface area contributed by atoms with Crippen LogP contribution in [0.15, 0.2) is 41.3 Å². The van der Waals surface area contributed by atoms with E-state index in [-0.39, 0.29) is 16.9 Å². The Bertz CT molecular complexity index is 632. The molecular weight excluding hydrogens is 237 g/mol. The SMILES string of the molecule is Nc1cccc(F)c1NC(=O)c1cc[nH]c(=O)c1. The zero-order valence-electron chi connectivity index (χ0n) is 9.24. The first-order chi connectivity index (χ1) is 8.58. The number of anilines is 2. The summed E-state index contributed by atoms with van der Waals surface area (Å²) < 4.78 is 13.4. The van der Waals surface area contributed by atoms with Crippen molar-refractivity contribution >= 4 is 17.3 Å². The van der Waals surface area contributed by atoms with E-state index in [9.17, 15) is 14.0 Å². The number of rotatable bonds is 2. The maximum Gasteiger partial charge on any atom is 0.256 e. The molecule has 1 amide bonds. The lowest BCUT2D eigenvalue weighted by Gasteiger charge is -2.08. The van der Waals surface area contributed by atoms with Crippen molar-refractivity contribution in [2.24, 2.45) is 0 Å². The number of H-pyrrole nitrogens is 1. The summed E-state index contributed by atoms with van der Waals surface area (Å²) in [6, 6.07) is 6.62. The van der Waals surface area contributed by atoms with Gasteiger partial charge in [-0.2, -0.15) is 0 Å². The van der Waals surface area contributed by atoms with E-state index in [1.165, 1.54) is 30.5 Å². The minimum Gasteiger partial charge on any atom is -0.397 e. The molecule has 0 saturated heterocycles. The summed E-state index contributed by atoms with van der Waals surface area (Å²) in [5.41, 5.74) is 5.29. The summed E-state index contributed by atoms with van der Waals surface area (Å²) in [5, 5.41) is 2.33. The van der Waals surface area contributed by atoms with Gasteiger partial charge in [0.25, 0.3) is 5.91 Å². The number of nitrogens with one attached hydrogen (secondary N) is 2. The van der Waals surface area contributed by atoms with Gasteiger partial charge in [-0.15, -0.1) is 0 Å². The minimum absolute atomic E-state index is 0.0946. The molecule has 1 aromatic heterocycles. The number of benzene rings is 1. The van der Waals surface area contributed by atoms with Crippen molar-refractivity contribution in [3.8, 4) is 0 Å². The number of amides is 1. The third-order valence-electron chi connectivity index (χ3n) is 2.32. The van der Waals surface area contributed by atoms with E-state index in [1.54, 1.807) is 0 Å². The molecule has 0 fully saturated rings. The molecule has 0 atom stereocenters. The van der Waals surface area contributed by atoms with Crippen LogP contribution in [0.2, 0.25) is 0 Å². The number of hydrogen-bond donors (Lipinski definition) is 3. The topological polar surface area (TPSA) is 88.0 Å². The Hall–Kier alpha value is -2.63. The van der Waals surface area contributed by atoms with Gasteiger partial charge in [-0.05, 0) is 18.2 Å². The van der Waals surface area contributed by atoms with Crippen molar-refractivity contribution < 1.29 is 9.18 Å². The second kappa shape index (κ2) is 4.70. The van der Waals surface area contributed by atoms with E-state index in [2.05, 4.69) is 10.3 Å². The van der Waals surface area contributed by atoms with E-state index in [0.717, 1.165) is 6.07 Å².